The van der Waals surface area contributed by atoms with Crippen LogP contribution < -0.4 is 0 Å². The normalized spacial score (nSPS) is 10.4. The number of hydrogen-bond donors (Lipinski definition) is 1. The number of hydrogen-bond acceptors (Lipinski definition) is 2. The topological polar surface area (TPSA) is 50.2 Å². The lowest BCUT2D eigenvalue weighted by Gasteiger charge is -1.90. The Morgan fingerprint density at radius 3 is 2.77 bits per heavy atom. The lowest BCUT2D eigenvalue weighted by Crippen LogP contribution is -1.93. The fourth-order valence-electron chi connectivity index (χ4n) is 0.669. The predicted octanol–water partition coefficient (Wildman–Crippen LogP) is 1.90. The second-order valence-electron chi connectivity index (χ2n) is 2.08. The number of aliphatic carboxylic acids is 1. The molecule has 1 heterocycles. The molecular formula is C8H7ClFNO2. The first-order valence-corrected chi connectivity index (χ1v) is 3.20. The molecule has 0 unspecified atom stereocenters. The molecule has 1 aromatic heterocycles. The first-order chi connectivity index (χ1) is 5.70. The van der Waals surface area contributed by atoms with Crippen LogP contribution in [0.2, 0.25) is 0 Å². The van der Waals surface area contributed by atoms with Crippen LogP contribution in [0.1, 0.15) is 5.56 Å². The van der Waals surface area contributed by atoms with Gasteiger partial charge in [0.2, 0.25) is 5.83 Å². The van der Waals surface area contributed by atoms with Gasteiger partial charge in [-0.15, -0.1) is 12.4 Å². The standard InChI is InChI=1S/C8H6FNO2.ClH/c9-7(8(11)12)4-6-2-1-3-10-5-6;/h1-5H,(H,11,12);1H. The van der Waals surface area contributed by atoms with E-state index in [2.05, 4.69) is 4.98 Å². The lowest BCUT2D eigenvalue weighted by atomic mass is 10.2. The largest absolute Gasteiger partial charge is 0.476 e. The molecular weight excluding hydrogens is 197 g/mol. The maximum atomic E-state index is 12.4. The van der Waals surface area contributed by atoms with Gasteiger partial charge >= 0.3 is 5.97 Å². The summed E-state index contributed by atoms with van der Waals surface area (Å²) >= 11 is 0. The van der Waals surface area contributed by atoms with Gasteiger partial charge in [-0.3, -0.25) is 4.98 Å². The highest BCUT2D eigenvalue weighted by atomic mass is 35.5. The zero-order chi connectivity index (χ0) is 8.97. The van der Waals surface area contributed by atoms with Gasteiger partial charge < -0.3 is 5.11 Å². The maximum absolute atomic E-state index is 12.4. The fourth-order valence-corrected chi connectivity index (χ4v) is 0.669. The van der Waals surface area contributed by atoms with Crippen molar-refractivity contribution in [1.29, 1.82) is 0 Å². The molecule has 3 nitrogen and oxygen atoms in total. The third-order valence-corrected chi connectivity index (χ3v) is 1.18. The van der Waals surface area contributed by atoms with Gasteiger partial charge in [-0.25, -0.2) is 4.79 Å². The van der Waals surface area contributed by atoms with Gasteiger partial charge in [0.25, 0.3) is 0 Å². The minimum atomic E-state index is -1.57. The van der Waals surface area contributed by atoms with Crippen molar-refractivity contribution < 1.29 is 14.3 Å². The summed E-state index contributed by atoms with van der Waals surface area (Å²) in [5, 5.41) is 8.18. The molecule has 0 fully saturated rings. The Kier molecular flexibility index (Phi) is 4.69. The fraction of sp³-hybridized carbons (Fsp3) is 0. The highest BCUT2D eigenvalue weighted by molar-refractivity contribution is 5.89. The number of halogens is 2. The van der Waals surface area contributed by atoms with Crippen LogP contribution in [0.3, 0.4) is 0 Å². The molecule has 0 spiro atoms. The highest BCUT2D eigenvalue weighted by Gasteiger charge is 2.03. The quantitative estimate of drug-likeness (QED) is 0.747. The number of carboxylic acid groups (broad SMARTS) is 1. The number of rotatable bonds is 2. The van der Waals surface area contributed by atoms with Crippen molar-refractivity contribution in [2.24, 2.45) is 0 Å². The molecule has 1 N–H and O–H groups in total. The molecule has 0 amide bonds. The van der Waals surface area contributed by atoms with Crippen molar-refractivity contribution in [3.8, 4) is 0 Å². The maximum Gasteiger partial charge on any atom is 0.364 e. The first kappa shape index (κ1) is 11.6. The van der Waals surface area contributed by atoms with Crippen LogP contribution in [0.15, 0.2) is 30.4 Å². The van der Waals surface area contributed by atoms with Crippen LogP contribution in [0.25, 0.3) is 6.08 Å². The molecule has 0 aromatic carbocycles. The van der Waals surface area contributed by atoms with E-state index >= 15 is 0 Å². The molecule has 13 heavy (non-hydrogen) atoms. The second-order valence-corrected chi connectivity index (χ2v) is 2.08. The number of pyridine rings is 1. The summed E-state index contributed by atoms with van der Waals surface area (Å²) < 4.78 is 12.4. The summed E-state index contributed by atoms with van der Waals surface area (Å²) in [6.45, 7) is 0. The van der Waals surface area contributed by atoms with Crippen molar-refractivity contribution in [1.82, 2.24) is 4.98 Å². The summed E-state index contributed by atoms with van der Waals surface area (Å²) in [7, 11) is 0. The minimum absolute atomic E-state index is 0. The molecule has 70 valence electrons. The molecule has 0 aliphatic carbocycles. The number of aromatic nitrogens is 1. The molecule has 0 saturated carbocycles. The SMILES string of the molecule is Cl.O=C(O)C(F)=Cc1cccnc1. The Balaban J connectivity index is 0.00000144. The Bertz CT molecular complexity index is 313. The van der Waals surface area contributed by atoms with Crippen LogP contribution in [0, 0.1) is 0 Å². The van der Waals surface area contributed by atoms with Crippen LogP contribution in [-0.2, 0) is 4.79 Å². The van der Waals surface area contributed by atoms with Crippen molar-refractivity contribution in [3.05, 3.63) is 35.9 Å². The van der Waals surface area contributed by atoms with Gasteiger partial charge in [0.15, 0.2) is 0 Å². The van der Waals surface area contributed by atoms with Crippen molar-refractivity contribution in [2.45, 2.75) is 0 Å². The molecule has 0 bridgehead atoms. The highest BCUT2D eigenvalue weighted by Crippen LogP contribution is 2.05. The third kappa shape index (κ3) is 3.66. The zero-order valence-corrected chi connectivity index (χ0v) is 7.29. The summed E-state index contributed by atoms with van der Waals surface area (Å²) in [6.07, 6.45) is 3.81. The Hall–Kier alpha value is -1.42. The van der Waals surface area contributed by atoms with Crippen molar-refractivity contribution in [3.63, 3.8) is 0 Å². The van der Waals surface area contributed by atoms with E-state index in [4.69, 9.17) is 5.11 Å². The van der Waals surface area contributed by atoms with E-state index in [0.29, 0.717) is 5.56 Å². The van der Waals surface area contributed by atoms with Crippen molar-refractivity contribution >= 4 is 24.5 Å². The molecule has 0 saturated heterocycles. The van der Waals surface area contributed by atoms with E-state index in [1.807, 2.05) is 0 Å². The minimum Gasteiger partial charge on any atom is -0.476 e. The smallest absolute Gasteiger partial charge is 0.364 e. The molecule has 0 aliphatic rings. The third-order valence-electron chi connectivity index (χ3n) is 1.18. The van der Waals surface area contributed by atoms with Gasteiger partial charge in [0, 0.05) is 12.4 Å². The van der Waals surface area contributed by atoms with E-state index in [1.165, 1.54) is 12.4 Å². The van der Waals surface area contributed by atoms with Gasteiger partial charge in [-0.05, 0) is 17.7 Å². The number of carboxylic acids is 1. The summed E-state index contributed by atoms with van der Waals surface area (Å²) in [5.41, 5.74) is 0.428. The molecule has 5 heteroatoms. The molecule has 0 atom stereocenters. The summed E-state index contributed by atoms with van der Waals surface area (Å²) in [5.74, 6) is -2.76. The van der Waals surface area contributed by atoms with E-state index in [1.54, 1.807) is 12.1 Å². The van der Waals surface area contributed by atoms with Crippen LogP contribution in [0.4, 0.5) is 4.39 Å². The van der Waals surface area contributed by atoms with E-state index in [-0.39, 0.29) is 12.4 Å². The Morgan fingerprint density at radius 2 is 2.31 bits per heavy atom. The van der Waals surface area contributed by atoms with Crippen LogP contribution in [-0.4, -0.2) is 16.1 Å². The number of carbonyl (C=O) groups is 1. The van der Waals surface area contributed by atoms with E-state index in [9.17, 15) is 9.18 Å². The Morgan fingerprint density at radius 1 is 1.62 bits per heavy atom. The van der Waals surface area contributed by atoms with Gasteiger partial charge in [-0.1, -0.05) is 6.07 Å². The monoisotopic (exact) mass is 203 g/mol. The van der Waals surface area contributed by atoms with E-state index < -0.39 is 11.8 Å². The van der Waals surface area contributed by atoms with Gasteiger partial charge in [-0.2, -0.15) is 4.39 Å². The second kappa shape index (κ2) is 5.27. The molecule has 0 radical (unpaired) electrons. The molecule has 0 aliphatic heterocycles. The van der Waals surface area contributed by atoms with Gasteiger partial charge in [0.05, 0.1) is 0 Å². The van der Waals surface area contributed by atoms with Crippen LogP contribution in [0.5, 0.6) is 0 Å². The first-order valence-electron chi connectivity index (χ1n) is 3.20. The molecule has 1 aromatic rings. The zero-order valence-electron chi connectivity index (χ0n) is 6.48. The van der Waals surface area contributed by atoms with Crippen LogP contribution >= 0.6 is 12.4 Å². The summed E-state index contributed by atoms with van der Waals surface area (Å²) in [6, 6.07) is 3.16. The van der Waals surface area contributed by atoms with E-state index in [0.717, 1.165) is 6.08 Å². The van der Waals surface area contributed by atoms with Crippen molar-refractivity contribution in [2.75, 3.05) is 0 Å². The average Bonchev–Trinajstić information content (AvgIpc) is 2.06. The average molecular weight is 204 g/mol. The molecule has 1 rings (SSSR count). The Labute approximate surface area is 80.3 Å². The van der Waals surface area contributed by atoms with Gasteiger partial charge in [0.1, 0.15) is 0 Å². The predicted molar refractivity (Wildman–Crippen MR) is 48.2 cm³/mol. The summed E-state index contributed by atoms with van der Waals surface area (Å²) in [4.78, 5) is 13.7. The number of nitrogens with zero attached hydrogens (tertiary/aromatic N) is 1. The lowest BCUT2D eigenvalue weighted by molar-refractivity contribution is -0.134.